The molecule has 1 aliphatic rings. The van der Waals surface area contributed by atoms with Crippen molar-refractivity contribution in [1.29, 1.82) is 0 Å². The number of carbonyl (C=O) groups excluding carboxylic acids is 2. The van der Waals surface area contributed by atoms with Gasteiger partial charge in [-0.3, -0.25) is 14.4 Å². The van der Waals surface area contributed by atoms with Crippen LogP contribution in [0.3, 0.4) is 0 Å². The lowest BCUT2D eigenvalue weighted by atomic mass is 9.64. The predicted molar refractivity (Wildman–Crippen MR) is 282 cm³/mol. The van der Waals surface area contributed by atoms with Gasteiger partial charge < -0.3 is 35.0 Å². The maximum Gasteiger partial charge on any atom is 0.248 e. The number of carbonyl (C=O) groups is 2. The molecule has 0 bridgehead atoms. The number of nitrogens with zero attached hydrogens (tertiary/aromatic N) is 2. The number of H-pyrrole nitrogens is 1. The average molecular weight is 948 g/mol. The minimum atomic E-state index is -2.35. The Hall–Kier alpha value is -5.85. The lowest BCUT2D eigenvalue weighted by Gasteiger charge is -2.42. The standard InChI is InChI=1S/C58H73N5O5Si/c1-57(2,3)69(5,6)68-55(49-31-33-51(54-48(49)32-34-52(64)61-54)67-42-44-24-14-8-15-25-44)50(40-43-22-12-7-13-23-43)60-36-21-11-20-30-53(65)62(4)38-39-63-37-35-47(41-63)58(56(59)66,45-26-16-9-17-27-45)46-28-18-10-19-29-46/h7-10,12-19,22-29,31-34,47,50,55,60H,11,20-21,30,35-42H2,1-6H3,(H2,59,66)(H,61,64)/t47-,50?,55-/m1/s1. The summed E-state index contributed by atoms with van der Waals surface area (Å²) in [6.07, 6.45) is 4.31. The summed E-state index contributed by atoms with van der Waals surface area (Å²) in [6, 6.07) is 48.0. The van der Waals surface area contributed by atoms with E-state index in [1.807, 2.05) is 121 Å². The highest BCUT2D eigenvalue weighted by molar-refractivity contribution is 6.74. The van der Waals surface area contributed by atoms with Crippen molar-refractivity contribution in [1.82, 2.24) is 20.1 Å². The molecule has 0 aliphatic carbocycles. The molecular formula is C58H73N5O5Si. The molecule has 69 heavy (non-hydrogen) atoms. The normalized spacial score (nSPS) is 15.5. The molecule has 5 aromatic carbocycles. The van der Waals surface area contributed by atoms with Crippen molar-refractivity contribution < 1.29 is 18.8 Å². The number of nitrogens with two attached hydrogens (primary N) is 1. The van der Waals surface area contributed by atoms with Crippen LogP contribution in [0.1, 0.15) is 86.8 Å². The first-order valence-electron chi connectivity index (χ1n) is 24.8. The SMILES string of the molecule is CN(CCN1CC[C@@H](C(C(N)=O)(c2ccccc2)c2ccccc2)C1)C(=O)CCCCCNC(Cc1ccccc1)[C@H](O[Si](C)(C)C(C)(C)C)c1ccc(OCc2ccccc2)c2[nH]c(=O)ccc12. The fourth-order valence-electron chi connectivity index (χ4n) is 9.75. The molecule has 1 aliphatic heterocycles. The number of aromatic nitrogens is 1. The van der Waals surface area contributed by atoms with Crippen LogP contribution in [0.5, 0.6) is 5.75 Å². The number of hydrogen-bond donors (Lipinski definition) is 3. The Morgan fingerprint density at radius 2 is 1.42 bits per heavy atom. The molecule has 10 nitrogen and oxygen atoms in total. The van der Waals surface area contributed by atoms with Crippen molar-refractivity contribution in [2.75, 3.05) is 39.8 Å². The van der Waals surface area contributed by atoms with Gasteiger partial charge in [0, 0.05) is 50.6 Å². The Kier molecular flexibility index (Phi) is 17.1. The van der Waals surface area contributed by atoms with Crippen LogP contribution in [0.15, 0.2) is 150 Å². The summed E-state index contributed by atoms with van der Waals surface area (Å²) in [5.41, 5.74) is 11.0. The van der Waals surface area contributed by atoms with E-state index in [0.29, 0.717) is 30.8 Å². The molecule has 3 atom stereocenters. The number of benzene rings is 5. The van der Waals surface area contributed by atoms with Crippen LogP contribution in [0.2, 0.25) is 18.1 Å². The third-order valence-electron chi connectivity index (χ3n) is 14.7. The lowest BCUT2D eigenvalue weighted by Crippen LogP contribution is -2.49. The minimum Gasteiger partial charge on any atom is -0.487 e. The maximum atomic E-state index is 13.6. The number of hydrogen-bond acceptors (Lipinski definition) is 7. The average Bonchev–Trinajstić information content (AvgIpc) is 3.82. The highest BCUT2D eigenvalue weighted by atomic mass is 28.4. The minimum absolute atomic E-state index is 0.00536. The Morgan fingerprint density at radius 1 is 0.812 bits per heavy atom. The van der Waals surface area contributed by atoms with E-state index in [1.165, 1.54) is 5.56 Å². The van der Waals surface area contributed by atoms with Crippen LogP contribution in [-0.4, -0.2) is 80.7 Å². The van der Waals surface area contributed by atoms with Gasteiger partial charge in [-0.2, -0.15) is 0 Å². The van der Waals surface area contributed by atoms with Crippen molar-refractivity contribution in [2.45, 2.75) is 102 Å². The highest BCUT2D eigenvalue weighted by Gasteiger charge is 2.49. The zero-order valence-electron chi connectivity index (χ0n) is 41.6. The zero-order chi connectivity index (χ0) is 49.0. The summed E-state index contributed by atoms with van der Waals surface area (Å²) in [5, 5.41) is 4.79. The van der Waals surface area contributed by atoms with E-state index < -0.39 is 13.7 Å². The van der Waals surface area contributed by atoms with Gasteiger partial charge >= 0.3 is 0 Å². The van der Waals surface area contributed by atoms with Gasteiger partial charge in [0.05, 0.1) is 11.6 Å². The summed E-state index contributed by atoms with van der Waals surface area (Å²) in [5.74, 6) is 0.436. The van der Waals surface area contributed by atoms with Crippen LogP contribution < -0.4 is 21.3 Å². The van der Waals surface area contributed by atoms with Crippen molar-refractivity contribution in [3.63, 3.8) is 0 Å². The second-order valence-corrected chi connectivity index (χ2v) is 25.2. The number of nitrogens with one attached hydrogen (secondary N) is 2. The first-order chi connectivity index (χ1) is 33.2. The van der Waals surface area contributed by atoms with Crippen LogP contribution in [0.4, 0.5) is 0 Å². The number of likely N-dealkylation sites (N-methyl/N-ethyl adjacent to an activating group) is 1. The van der Waals surface area contributed by atoms with E-state index in [0.717, 1.165) is 85.9 Å². The lowest BCUT2D eigenvalue weighted by molar-refractivity contribution is -0.130. The van der Waals surface area contributed by atoms with E-state index in [9.17, 15) is 14.4 Å². The number of primary amides is 1. The molecule has 2 heterocycles. The first kappa shape index (κ1) is 51.0. The van der Waals surface area contributed by atoms with E-state index in [-0.39, 0.29) is 40.5 Å². The fourth-order valence-corrected chi connectivity index (χ4v) is 11.0. The van der Waals surface area contributed by atoms with E-state index in [1.54, 1.807) is 6.07 Å². The Morgan fingerprint density at radius 3 is 2.03 bits per heavy atom. The van der Waals surface area contributed by atoms with Gasteiger partial charge in [-0.25, -0.2) is 0 Å². The van der Waals surface area contributed by atoms with Crippen LogP contribution in [-0.2, 0) is 32.5 Å². The molecule has 1 saturated heterocycles. The molecule has 0 radical (unpaired) electrons. The number of aromatic amines is 1. The first-order valence-corrected chi connectivity index (χ1v) is 27.7. The van der Waals surface area contributed by atoms with Crippen LogP contribution >= 0.6 is 0 Å². The number of ether oxygens (including phenoxy) is 1. The third-order valence-corrected chi connectivity index (χ3v) is 19.2. The second-order valence-electron chi connectivity index (χ2n) is 20.4. The van der Waals surface area contributed by atoms with Gasteiger partial charge in [0.2, 0.25) is 17.4 Å². The molecule has 1 aromatic heterocycles. The third kappa shape index (κ3) is 12.5. The Labute approximate surface area is 410 Å². The molecule has 0 spiro atoms. The Balaban J connectivity index is 0.991. The summed E-state index contributed by atoms with van der Waals surface area (Å²) in [6.45, 7) is 15.4. The molecule has 6 aromatic rings. The fraction of sp³-hybridized carbons (Fsp3) is 0.397. The maximum absolute atomic E-state index is 13.6. The summed E-state index contributed by atoms with van der Waals surface area (Å²) in [7, 11) is -0.453. The molecule has 11 heteroatoms. The van der Waals surface area contributed by atoms with E-state index in [4.69, 9.17) is 14.9 Å². The molecule has 2 amide bonds. The number of pyridine rings is 1. The van der Waals surface area contributed by atoms with Gasteiger partial charge in [-0.1, -0.05) is 155 Å². The molecule has 4 N–H and O–H groups in total. The van der Waals surface area contributed by atoms with Crippen molar-refractivity contribution in [3.05, 3.63) is 184 Å². The van der Waals surface area contributed by atoms with Crippen molar-refractivity contribution in [3.8, 4) is 5.75 Å². The predicted octanol–water partition coefficient (Wildman–Crippen LogP) is 10.2. The Bertz CT molecular complexity index is 2600. The van der Waals surface area contributed by atoms with Crippen molar-refractivity contribution in [2.24, 2.45) is 11.7 Å². The molecular weight excluding hydrogens is 875 g/mol. The molecule has 7 rings (SSSR count). The number of unbranched alkanes of at least 4 members (excludes halogenated alkanes) is 2. The van der Waals surface area contributed by atoms with Gasteiger partial charge in [0.25, 0.3) is 0 Å². The summed E-state index contributed by atoms with van der Waals surface area (Å²) >= 11 is 0. The zero-order valence-corrected chi connectivity index (χ0v) is 42.6. The number of likely N-dealkylation sites (tertiary alicyclic amines) is 1. The molecule has 0 saturated carbocycles. The van der Waals surface area contributed by atoms with Gasteiger partial charge in [-0.15, -0.1) is 0 Å². The number of fused-ring (bicyclic) bond motifs is 1. The van der Waals surface area contributed by atoms with E-state index in [2.05, 4.69) is 79.4 Å². The second kappa shape index (κ2) is 23.2. The topological polar surface area (TPSA) is 130 Å². The van der Waals surface area contributed by atoms with Gasteiger partial charge in [0.15, 0.2) is 8.32 Å². The van der Waals surface area contributed by atoms with Crippen LogP contribution in [0, 0.1) is 5.92 Å². The quantitative estimate of drug-likeness (QED) is 0.0431. The van der Waals surface area contributed by atoms with Gasteiger partial charge in [-0.05, 0) is 103 Å². The smallest absolute Gasteiger partial charge is 0.248 e. The van der Waals surface area contributed by atoms with E-state index >= 15 is 0 Å². The number of rotatable bonds is 23. The molecule has 364 valence electrons. The molecule has 1 unspecified atom stereocenters. The molecule has 1 fully saturated rings. The summed E-state index contributed by atoms with van der Waals surface area (Å²) < 4.78 is 13.8. The highest BCUT2D eigenvalue weighted by Crippen LogP contribution is 2.45. The largest absolute Gasteiger partial charge is 0.487 e. The van der Waals surface area contributed by atoms with Gasteiger partial charge in [0.1, 0.15) is 17.8 Å². The summed E-state index contributed by atoms with van der Waals surface area (Å²) in [4.78, 5) is 47.3. The van der Waals surface area contributed by atoms with Crippen molar-refractivity contribution >= 4 is 31.0 Å². The monoisotopic (exact) mass is 948 g/mol. The number of amides is 2. The van der Waals surface area contributed by atoms with Crippen LogP contribution in [0.25, 0.3) is 10.9 Å².